The van der Waals surface area contributed by atoms with Crippen LogP contribution in [0.25, 0.3) is 0 Å². The van der Waals surface area contributed by atoms with Crippen molar-refractivity contribution in [3.8, 4) is 6.07 Å². The van der Waals surface area contributed by atoms with Crippen molar-refractivity contribution < 1.29 is 22.7 Å². The second kappa shape index (κ2) is 3.87. The van der Waals surface area contributed by atoms with Gasteiger partial charge in [-0.05, 0) is 17.7 Å². The topological polar surface area (TPSA) is 44.0 Å². The van der Waals surface area contributed by atoms with Gasteiger partial charge in [-0.15, -0.1) is 0 Å². The lowest BCUT2D eigenvalue weighted by Gasteiger charge is -2.09. The van der Waals surface area contributed by atoms with E-state index in [1.807, 2.05) is 0 Å². The molecule has 1 aromatic carbocycles. The molecule has 0 aliphatic carbocycles. The average Bonchev–Trinajstić information content (AvgIpc) is 2.15. The maximum atomic E-state index is 12.9. The van der Waals surface area contributed by atoms with Gasteiger partial charge in [0.05, 0.1) is 23.8 Å². The highest BCUT2D eigenvalue weighted by Crippen LogP contribution is 2.32. The number of nitrogens with zero attached hydrogens (tertiary/aromatic N) is 1. The Morgan fingerprint density at radius 1 is 1.33 bits per heavy atom. The molecule has 1 N–H and O–H groups in total. The van der Waals surface area contributed by atoms with Gasteiger partial charge in [-0.2, -0.15) is 18.4 Å². The number of alkyl halides is 3. The molecule has 1 aromatic rings. The third-order valence-corrected chi connectivity index (χ3v) is 1.79. The van der Waals surface area contributed by atoms with Crippen molar-refractivity contribution >= 4 is 0 Å². The van der Waals surface area contributed by atoms with E-state index in [1.165, 1.54) is 6.07 Å². The fraction of sp³-hybridized carbons (Fsp3) is 0.222. The number of benzene rings is 1. The van der Waals surface area contributed by atoms with Gasteiger partial charge in [0.25, 0.3) is 0 Å². The maximum Gasteiger partial charge on any atom is 0.419 e. The van der Waals surface area contributed by atoms with Crippen LogP contribution in [0.4, 0.5) is 17.6 Å². The van der Waals surface area contributed by atoms with Gasteiger partial charge in [0.2, 0.25) is 0 Å². The molecule has 0 spiro atoms. The van der Waals surface area contributed by atoms with Crippen LogP contribution >= 0.6 is 0 Å². The molecule has 0 unspecified atom stereocenters. The molecule has 0 aromatic heterocycles. The van der Waals surface area contributed by atoms with E-state index in [9.17, 15) is 17.6 Å². The Hall–Kier alpha value is -1.61. The summed E-state index contributed by atoms with van der Waals surface area (Å²) in [7, 11) is 0. The zero-order chi connectivity index (χ0) is 11.6. The minimum atomic E-state index is -4.84. The molecule has 0 aliphatic rings. The summed E-state index contributed by atoms with van der Waals surface area (Å²) in [6.07, 6.45) is -4.84. The summed E-state index contributed by atoms with van der Waals surface area (Å²) >= 11 is 0. The molecule has 0 amide bonds. The average molecular weight is 219 g/mol. The lowest BCUT2D eigenvalue weighted by molar-refractivity contribution is -0.140. The van der Waals surface area contributed by atoms with Crippen LogP contribution in [0.2, 0.25) is 0 Å². The molecule has 80 valence electrons. The van der Waals surface area contributed by atoms with E-state index in [4.69, 9.17) is 10.4 Å². The zero-order valence-corrected chi connectivity index (χ0v) is 7.27. The summed E-state index contributed by atoms with van der Waals surface area (Å²) in [5, 5.41) is 17.1. The molecule has 0 saturated carbocycles. The Balaban J connectivity index is 3.41. The summed E-state index contributed by atoms with van der Waals surface area (Å²) in [5.74, 6) is -1.49. The molecule has 0 atom stereocenters. The highest BCUT2D eigenvalue weighted by molar-refractivity contribution is 5.42. The lowest BCUT2D eigenvalue weighted by Crippen LogP contribution is -2.09. The number of hydrogen-bond donors (Lipinski definition) is 1. The van der Waals surface area contributed by atoms with Crippen LogP contribution in [-0.4, -0.2) is 5.11 Å². The molecule has 0 heterocycles. The summed E-state index contributed by atoms with van der Waals surface area (Å²) < 4.78 is 49.5. The Bertz CT molecular complexity index is 419. The van der Waals surface area contributed by atoms with Crippen LogP contribution in [0.15, 0.2) is 12.1 Å². The van der Waals surface area contributed by atoms with Crippen LogP contribution in [0, 0.1) is 17.1 Å². The smallest absolute Gasteiger partial charge is 0.392 e. The monoisotopic (exact) mass is 219 g/mol. The second-order valence-corrected chi connectivity index (χ2v) is 2.76. The fourth-order valence-electron chi connectivity index (χ4n) is 1.07. The van der Waals surface area contributed by atoms with Crippen molar-refractivity contribution in [2.45, 2.75) is 12.8 Å². The summed E-state index contributed by atoms with van der Waals surface area (Å²) in [6.45, 7) is -0.683. The summed E-state index contributed by atoms with van der Waals surface area (Å²) in [5.41, 5.74) is -2.05. The van der Waals surface area contributed by atoms with Gasteiger partial charge in [0, 0.05) is 0 Å². The number of rotatable bonds is 1. The summed E-state index contributed by atoms with van der Waals surface area (Å²) in [4.78, 5) is 0. The van der Waals surface area contributed by atoms with E-state index in [0.717, 1.165) is 0 Å². The lowest BCUT2D eigenvalue weighted by atomic mass is 10.0. The van der Waals surface area contributed by atoms with E-state index >= 15 is 0 Å². The SMILES string of the molecule is N#Cc1cc(C(F)(F)F)c(F)cc1CO. The molecule has 6 heteroatoms. The van der Waals surface area contributed by atoms with Gasteiger partial charge in [-0.3, -0.25) is 0 Å². The highest BCUT2D eigenvalue weighted by atomic mass is 19.4. The van der Waals surface area contributed by atoms with Crippen LogP contribution in [0.5, 0.6) is 0 Å². The Morgan fingerprint density at radius 2 is 1.93 bits per heavy atom. The maximum absolute atomic E-state index is 12.9. The largest absolute Gasteiger partial charge is 0.419 e. The first-order valence-corrected chi connectivity index (χ1v) is 3.80. The van der Waals surface area contributed by atoms with E-state index in [0.29, 0.717) is 12.1 Å². The standard InChI is InChI=1S/C9H5F4NO/c10-8-2-6(4-15)5(3-14)1-7(8)9(11,12)13/h1-2,15H,4H2. The van der Waals surface area contributed by atoms with Crippen molar-refractivity contribution in [1.29, 1.82) is 5.26 Å². The Labute approximate surface area is 82.4 Å². The van der Waals surface area contributed by atoms with Gasteiger partial charge in [0.1, 0.15) is 5.82 Å². The number of hydrogen-bond acceptors (Lipinski definition) is 2. The molecule has 0 fully saturated rings. The number of nitriles is 1. The van der Waals surface area contributed by atoms with E-state index in [1.54, 1.807) is 0 Å². The minimum Gasteiger partial charge on any atom is -0.392 e. The molecule has 1 rings (SSSR count). The van der Waals surface area contributed by atoms with Crippen LogP contribution in [-0.2, 0) is 12.8 Å². The molecule has 15 heavy (non-hydrogen) atoms. The first-order chi connectivity index (χ1) is 6.90. The summed E-state index contributed by atoms with van der Waals surface area (Å²) in [6, 6.07) is 2.36. The molecule has 0 aliphatic heterocycles. The normalized spacial score (nSPS) is 11.2. The highest BCUT2D eigenvalue weighted by Gasteiger charge is 2.34. The van der Waals surface area contributed by atoms with Gasteiger partial charge < -0.3 is 5.11 Å². The van der Waals surface area contributed by atoms with Gasteiger partial charge in [0.15, 0.2) is 0 Å². The molecule has 0 radical (unpaired) electrons. The predicted octanol–water partition coefficient (Wildman–Crippen LogP) is 2.21. The van der Waals surface area contributed by atoms with Crippen LogP contribution in [0.1, 0.15) is 16.7 Å². The predicted molar refractivity (Wildman–Crippen MR) is 42.0 cm³/mol. The van der Waals surface area contributed by atoms with Gasteiger partial charge in [-0.25, -0.2) is 4.39 Å². The Kier molecular flexibility index (Phi) is 2.95. The molecular weight excluding hydrogens is 214 g/mol. The molecule has 0 saturated heterocycles. The fourth-order valence-corrected chi connectivity index (χ4v) is 1.07. The second-order valence-electron chi connectivity index (χ2n) is 2.76. The van der Waals surface area contributed by atoms with Crippen molar-refractivity contribution in [3.05, 3.63) is 34.6 Å². The number of halogens is 4. The van der Waals surface area contributed by atoms with E-state index < -0.39 is 24.2 Å². The quantitative estimate of drug-likeness (QED) is 0.736. The van der Waals surface area contributed by atoms with Crippen molar-refractivity contribution in [3.63, 3.8) is 0 Å². The minimum absolute atomic E-state index is 0.164. The molecule has 2 nitrogen and oxygen atoms in total. The van der Waals surface area contributed by atoms with Crippen molar-refractivity contribution in [1.82, 2.24) is 0 Å². The van der Waals surface area contributed by atoms with E-state index in [2.05, 4.69) is 0 Å². The first kappa shape index (κ1) is 11.5. The number of aliphatic hydroxyl groups excluding tert-OH is 1. The Morgan fingerprint density at radius 3 is 2.33 bits per heavy atom. The molecule has 0 bridgehead atoms. The van der Waals surface area contributed by atoms with Crippen LogP contribution in [0.3, 0.4) is 0 Å². The van der Waals surface area contributed by atoms with Crippen molar-refractivity contribution in [2.75, 3.05) is 0 Å². The van der Waals surface area contributed by atoms with Crippen LogP contribution < -0.4 is 0 Å². The third kappa shape index (κ3) is 2.25. The van der Waals surface area contributed by atoms with Crippen molar-refractivity contribution in [2.24, 2.45) is 0 Å². The zero-order valence-electron chi connectivity index (χ0n) is 7.27. The third-order valence-electron chi connectivity index (χ3n) is 1.79. The van der Waals surface area contributed by atoms with E-state index in [-0.39, 0.29) is 11.1 Å². The molecular formula is C9H5F4NO. The number of aliphatic hydroxyl groups is 1. The van der Waals surface area contributed by atoms with Gasteiger partial charge >= 0.3 is 6.18 Å². The van der Waals surface area contributed by atoms with Gasteiger partial charge in [-0.1, -0.05) is 0 Å². The first-order valence-electron chi connectivity index (χ1n) is 3.80.